The van der Waals surface area contributed by atoms with Crippen LogP contribution in [0.15, 0.2) is 53.2 Å². The number of aromatic nitrogens is 2. The molecule has 8 saturated heterocycles. The highest BCUT2D eigenvalue weighted by atomic mass is 16.5. The number of rotatable bonds is 23. The molecule has 11 rings (SSSR count). The third kappa shape index (κ3) is 41.8. The maximum Gasteiger partial charge on any atom is 0.169 e. The number of ketones is 3. The van der Waals surface area contributed by atoms with E-state index in [4.69, 9.17) is 14.0 Å². The lowest BCUT2D eigenvalue weighted by molar-refractivity contribution is -0.128. The van der Waals surface area contributed by atoms with Crippen LogP contribution in [0, 0.1) is 27.1 Å². The fraction of sp³-hybridized carbons (Fsp3) is 0.843. The summed E-state index contributed by atoms with van der Waals surface area (Å²) in [7, 11) is 0. The molecule has 0 amide bonds. The summed E-state index contributed by atoms with van der Waals surface area (Å²) >= 11 is 0. The minimum atomic E-state index is -0.383. The normalized spacial score (nSPS) is 20.8. The van der Waals surface area contributed by atoms with Gasteiger partial charge in [0.25, 0.3) is 0 Å². The minimum absolute atomic E-state index is 0.00306. The molecular formula is C108H200N16O7. The number of carbonyl (C=O) groups is 3. The number of nitrogens with zero attached hydrogens (tertiary/aromatic N) is 16. The molecule has 1 aromatic carbocycles. The summed E-state index contributed by atoms with van der Waals surface area (Å²) in [6.07, 6.45) is 4.57. The number of carbonyl (C=O) groups excluding carboxylic acids is 3. The number of anilines is 1. The molecule has 10 heterocycles. The Morgan fingerprint density at radius 1 is 0.412 bits per heavy atom. The van der Waals surface area contributed by atoms with E-state index in [9.17, 15) is 19.5 Å². The van der Waals surface area contributed by atoms with Crippen LogP contribution in [0.3, 0.4) is 0 Å². The molecule has 2 aromatic heterocycles. The molecule has 8 aliphatic heterocycles. The van der Waals surface area contributed by atoms with Gasteiger partial charge in [-0.25, -0.2) is 4.98 Å². The molecule has 0 radical (unpaired) electrons. The second kappa shape index (κ2) is 49.5. The Bertz CT molecular complexity index is 3750. The summed E-state index contributed by atoms with van der Waals surface area (Å²) in [4.78, 5) is 76.9. The second-order valence-electron chi connectivity index (χ2n) is 51.8. The van der Waals surface area contributed by atoms with Crippen molar-refractivity contribution < 1.29 is 33.5 Å². The molecule has 754 valence electrons. The zero-order valence-corrected chi connectivity index (χ0v) is 91.2. The van der Waals surface area contributed by atoms with Crippen LogP contribution in [-0.2, 0) is 32.5 Å². The van der Waals surface area contributed by atoms with E-state index >= 15 is 0 Å². The van der Waals surface area contributed by atoms with Crippen LogP contribution >= 0.6 is 0 Å². The number of aliphatic hydroxyl groups is 1. The van der Waals surface area contributed by atoms with Crippen molar-refractivity contribution >= 4 is 23.2 Å². The van der Waals surface area contributed by atoms with E-state index in [1.54, 1.807) is 6.20 Å². The van der Waals surface area contributed by atoms with Gasteiger partial charge < -0.3 is 24.0 Å². The SMILES string of the molecule is CC(C)(C)C(=O)CN1CCN(CCCc2ccc(C(=O)C(C)(C)C)cc2)[C@@H](CO)C1.CC(C)(C)C(=O)c1ccc(N2CCN(CCc3cc(C(C)(C)C)on3)CC2)nc1.CC(C)(C)CN1CC(N2CCN(C(C)(C)C)CC2)C1.CC(C)(C)COCCN1CCN(C(C)(C)C)CC1.CC(C)(C)N1CCN(C2CN(C(C)(C)C)C2)CC1.CC(C)(C)OCCN1CCN(C(C)(C)C)CC1. The summed E-state index contributed by atoms with van der Waals surface area (Å²) < 4.78 is 17.0. The van der Waals surface area contributed by atoms with Gasteiger partial charge in [-0.2, -0.15) is 0 Å². The molecule has 0 saturated carbocycles. The highest BCUT2D eigenvalue weighted by Crippen LogP contribution is 2.32. The first-order valence-electron chi connectivity index (χ1n) is 51.0. The van der Waals surface area contributed by atoms with Crippen molar-refractivity contribution in [2.75, 3.05) is 247 Å². The summed E-state index contributed by atoms with van der Waals surface area (Å²) in [6.45, 7) is 118. The molecule has 131 heavy (non-hydrogen) atoms. The summed E-state index contributed by atoms with van der Waals surface area (Å²) in [5, 5.41) is 14.1. The molecular weight excluding hydrogens is 1630 g/mol. The van der Waals surface area contributed by atoms with Crippen LogP contribution in [-0.4, -0.2) is 390 Å². The van der Waals surface area contributed by atoms with Crippen LogP contribution in [0.4, 0.5) is 5.82 Å². The molecule has 8 fully saturated rings. The number of piperazine rings is 6. The van der Waals surface area contributed by atoms with Gasteiger partial charge in [-0.05, 0) is 173 Å². The van der Waals surface area contributed by atoms with Crippen LogP contribution in [0.1, 0.15) is 293 Å². The summed E-state index contributed by atoms with van der Waals surface area (Å²) in [6, 6.07) is 15.7. The largest absolute Gasteiger partial charge is 0.395 e. The van der Waals surface area contributed by atoms with Crippen molar-refractivity contribution in [1.82, 2.24) is 73.8 Å². The predicted molar refractivity (Wildman–Crippen MR) is 550 cm³/mol. The first-order valence-corrected chi connectivity index (χ1v) is 51.0. The monoisotopic (exact) mass is 1830 g/mol. The van der Waals surface area contributed by atoms with Gasteiger partial charge in [0, 0.05) is 300 Å². The molecule has 8 aliphatic rings. The van der Waals surface area contributed by atoms with Gasteiger partial charge in [-0.15, -0.1) is 0 Å². The van der Waals surface area contributed by atoms with E-state index in [0.29, 0.717) is 45.2 Å². The van der Waals surface area contributed by atoms with Crippen LogP contribution in [0.25, 0.3) is 0 Å². The molecule has 0 spiro atoms. The number of hydrogen-bond donors (Lipinski definition) is 1. The Labute approximate surface area is 802 Å². The molecule has 1 atom stereocenters. The van der Waals surface area contributed by atoms with Gasteiger partial charge in [0.05, 0.1) is 44.3 Å². The average molecular weight is 1830 g/mol. The molecule has 23 heteroatoms. The van der Waals surface area contributed by atoms with E-state index in [2.05, 4.69) is 284 Å². The zero-order valence-electron chi connectivity index (χ0n) is 91.2. The number of likely N-dealkylation sites (tertiary alicyclic amines) is 2. The van der Waals surface area contributed by atoms with Gasteiger partial charge in [0.15, 0.2) is 17.3 Å². The lowest BCUT2D eigenvalue weighted by Gasteiger charge is -2.53. The van der Waals surface area contributed by atoms with Gasteiger partial charge in [-0.3, -0.25) is 78.1 Å². The standard InChI is InChI=1S/C25H40N2O3.C23H34N4O2.C16H33N3.C15H31N3.C15H32N2O.C14H30N2O/c1-24(2,3)22(29)17-26-14-15-27(21(16-26)18-28)13-7-8-19-9-11-20(12-10-19)23(30)25(4,5)6;1-22(2,3)19-15-18(25-29-19)9-10-26-11-13-27(14-12-26)20-8-7-17(16-24-20)21(28)23(4,5)6;1-15(2,3)13-17-11-14(12-17)18-7-9-19(10-8-18)16(4,5)6;1-14(2,3)17-9-7-16(8-10-17)13-11-18(12-13)15(4,5)6;1-14(2,3)13-18-12-11-16-7-9-17(10-8-16)15(4,5)6;1-13(2,3)16-9-7-15(8-10-16)11-12-17-14(4,5)6/h9-12,21,28H,7-8,13-18H2,1-6H3;7-8,15-16H,9-14H2,1-6H3;14H,7-13H2,1-6H3;13H,7-12H2,1-6H3;7-13H2,1-6H3;7-12H2,1-6H3/t21-;;;;;/m1...../s1. The Kier molecular flexibility index (Phi) is 43.7. The number of aliphatic hydroxyl groups excluding tert-OH is 1. The Hall–Kier alpha value is -4.25. The zero-order chi connectivity index (χ0) is 98.5. The Morgan fingerprint density at radius 3 is 1.23 bits per heavy atom. The summed E-state index contributed by atoms with van der Waals surface area (Å²) in [5.74, 6) is 2.44. The van der Waals surface area contributed by atoms with E-state index in [1.165, 1.54) is 143 Å². The Balaban J connectivity index is 0.000000246. The molecule has 0 unspecified atom stereocenters. The highest BCUT2D eigenvalue weighted by molar-refractivity contribution is 6.00. The predicted octanol–water partition coefficient (Wildman–Crippen LogP) is 16.1. The minimum Gasteiger partial charge on any atom is -0.395 e. The van der Waals surface area contributed by atoms with Crippen molar-refractivity contribution in [3.63, 3.8) is 0 Å². The van der Waals surface area contributed by atoms with Gasteiger partial charge >= 0.3 is 0 Å². The van der Waals surface area contributed by atoms with Crippen molar-refractivity contribution in [2.45, 2.75) is 325 Å². The van der Waals surface area contributed by atoms with Crippen molar-refractivity contribution in [3.05, 3.63) is 76.8 Å². The third-order valence-corrected chi connectivity index (χ3v) is 27.0. The van der Waals surface area contributed by atoms with Crippen LogP contribution in [0.5, 0.6) is 0 Å². The van der Waals surface area contributed by atoms with E-state index < -0.39 is 0 Å². The maximum absolute atomic E-state index is 12.4. The van der Waals surface area contributed by atoms with Gasteiger partial charge in [0.2, 0.25) is 0 Å². The highest BCUT2D eigenvalue weighted by Gasteiger charge is 2.41. The number of Topliss-reactive ketones (excluding diaryl/α,β-unsaturated/α-hetero) is 3. The number of aryl methyl sites for hydroxylation is 1. The number of ether oxygens (including phenoxy) is 2. The van der Waals surface area contributed by atoms with E-state index in [-0.39, 0.29) is 62.7 Å². The van der Waals surface area contributed by atoms with E-state index in [0.717, 1.165) is 146 Å². The first-order chi connectivity index (χ1) is 60.1. The maximum atomic E-state index is 12.4. The van der Waals surface area contributed by atoms with Crippen molar-refractivity contribution in [2.24, 2.45) is 27.1 Å². The number of pyridine rings is 1. The van der Waals surface area contributed by atoms with Crippen molar-refractivity contribution in [3.8, 4) is 0 Å². The summed E-state index contributed by atoms with van der Waals surface area (Å²) in [5.41, 5.74) is 5.01. The molecule has 0 aliphatic carbocycles. The fourth-order valence-electron chi connectivity index (χ4n) is 17.8. The fourth-order valence-corrected chi connectivity index (χ4v) is 17.8. The van der Waals surface area contributed by atoms with Crippen molar-refractivity contribution in [1.29, 1.82) is 0 Å². The first kappa shape index (κ1) is 115. The number of hydrogen-bond acceptors (Lipinski definition) is 23. The molecule has 0 bridgehead atoms. The molecule has 23 nitrogen and oxygen atoms in total. The van der Waals surface area contributed by atoms with Gasteiger partial charge in [0.1, 0.15) is 11.6 Å². The second-order valence-corrected chi connectivity index (χ2v) is 51.8. The average Bonchev–Trinajstić information content (AvgIpc) is 0.931. The van der Waals surface area contributed by atoms with Gasteiger partial charge in [-0.1, -0.05) is 154 Å². The lowest BCUT2D eigenvalue weighted by atomic mass is 9.86. The molecule has 1 N–H and O–H groups in total. The van der Waals surface area contributed by atoms with Crippen LogP contribution in [0.2, 0.25) is 0 Å². The smallest absolute Gasteiger partial charge is 0.169 e. The third-order valence-electron chi connectivity index (χ3n) is 27.0. The van der Waals surface area contributed by atoms with Crippen LogP contribution < -0.4 is 4.90 Å². The number of benzene rings is 1. The topological polar surface area (TPSA) is 174 Å². The van der Waals surface area contributed by atoms with E-state index in [1.807, 2.05) is 86.6 Å². The quantitative estimate of drug-likeness (QED) is 0.0700. The Morgan fingerprint density at radius 2 is 0.832 bits per heavy atom. The molecule has 3 aromatic rings. The lowest BCUT2D eigenvalue weighted by Crippen LogP contribution is -2.67.